The molecule has 0 saturated carbocycles. The van der Waals surface area contributed by atoms with E-state index in [1.165, 1.54) is 10.8 Å². The van der Waals surface area contributed by atoms with E-state index in [1.807, 2.05) is 54.6 Å². The van der Waals surface area contributed by atoms with E-state index in [-0.39, 0.29) is 0 Å². The summed E-state index contributed by atoms with van der Waals surface area (Å²) in [5, 5.41) is 11.2. The van der Waals surface area contributed by atoms with Crippen LogP contribution in [0.5, 0.6) is 0 Å². The van der Waals surface area contributed by atoms with Crippen LogP contribution in [0.25, 0.3) is 127 Å². The topological polar surface area (TPSA) is 69.9 Å². The van der Waals surface area contributed by atoms with Crippen LogP contribution >= 0.6 is 0 Å². The second kappa shape index (κ2) is 12.2. The second-order valence-electron chi connectivity index (χ2n) is 15.2. The largest absolute Gasteiger partial charge is 0.456 e. The predicted molar refractivity (Wildman–Crippen MR) is 240 cm³/mol. The van der Waals surface area contributed by atoms with E-state index in [1.54, 1.807) is 0 Å². The van der Waals surface area contributed by atoms with Gasteiger partial charge in [-0.3, -0.25) is 4.57 Å². The highest BCUT2D eigenvalue weighted by molar-refractivity contribution is 6.23. The average Bonchev–Trinajstić information content (AvgIpc) is 3.98. The number of hydrogen-bond acceptors (Lipinski definition) is 5. The fourth-order valence-corrected chi connectivity index (χ4v) is 9.13. The number of rotatable bonds is 4. The van der Waals surface area contributed by atoms with Gasteiger partial charge in [0.25, 0.3) is 0 Å². The third-order valence-corrected chi connectivity index (χ3v) is 11.8. The van der Waals surface area contributed by atoms with Gasteiger partial charge >= 0.3 is 0 Å². The summed E-state index contributed by atoms with van der Waals surface area (Å²) in [6.07, 6.45) is 0. The van der Waals surface area contributed by atoms with E-state index in [2.05, 4.69) is 132 Å². The number of fused-ring (bicyclic) bond motifs is 12. The second-order valence-corrected chi connectivity index (χ2v) is 15.2. The third kappa shape index (κ3) is 4.77. The maximum absolute atomic E-state index is 6.83. The predicted octanol–water partition coefficient (Wildman–Crippen LogP) is 14.1. The van der Waals surface area contributed by atoms with Crippen LogP contribution in [-0.2, 0) is 0 Å². The van der Waals surface area contributed by atoms with Gasteiger partial charge in [-0.15, -0.1) is 0 Å². The molecule has 0 atom stereocenters. The Hall–Kier alpha value is -8.09. The van der Waals surface area contributed by atoms with Crippen molar-refractivity contribution < 1.29 is 8.83 Å². The molecule has 6 nitrogen and oxygen atoms in total. The number of hydrogen-bond donors (Lipinski definition) is 0. The van der Waals surface area contributed by atoms with Gasteiger partial charge in [0.05, 0.1) is 11.0 Å². The van der Waals surface area contributed by atoms with Gasteiger partial charge in [0, 0.05) is 54.6 Å². The summed E-state index contributed by atoms with van der Waals surface area (Å²) < 4.78 is 15.4. The fourth-order valence-electron chi connectivity index (χ4n) is 9.13. The molecule has 13 aromatic rings. The first-order valence-corrected chi connectivity index (χ1v) is 19.8. The van der Waals surface area contributed by atoms with Crippen molar-refractivity contribution in [3.8, 4) is 39.9 Å². The lowest BCUT2D eigenvalue weighted by Crippen LogP contribution is -2.07. The molecule has 0 aliphatic rings. The van der Waals surface area contributed by atoms with Crippen molar-refractivity contribution in [3.63, 3.8) is 0 Å². The van der Waals surface area contributed by atoms with Gasteiger partial charge in [-0.05, 0) is 57.9 Å². The lowest BCUT2D eigenvalue weighted by atomic mass is 9.98. The molecular formula is C53H30N4O2. The van der Waals surface area contributed by atoms with Crippen LogP contribution in [0.3, 0.4) is 0 Å². The molecule has 0 fully saturated rings. The SMILES string of the molecule is c1ccc(-c2nc(-c3ccc4c(c3)oc3ccccc34)nc(-n3c4cc5ccccc5cc4c4cccc(-c5cccc6c5oc5ccc7ccccc7c56)c43)n2)cc1. The van der Waals surface area contributed by atoms with Crippen LogP contribution < -0.4 is 0 Å². The van der Waals surface area contributed by atoms with Crippen molar-refractivity contribution in [1.82, 2.24) is 19.5 Å². The zero-order valence-electron chi connectivity index (χ0n) is 31.4. The van der Waals surface area contributed by atoms with Crippen LogP contribution in [-0.4, -0.2) is 19.5 Å². The van der Waals surface area contributed by atoms with Gasteiger partial charge in [-0.25, -0.2) is 4.98 Å². The third-order valence-electron chi connectivity index (χ3n) is 11.8. The molecule has 9 aromatic carbocycles. The minimum absolute atomic E-state index is 0.518. The Morgan fingerprint density at radius 2 is 1.05 bits per heavy atom. The monoisotopic (exact) mass is 754 g/mol. The molecule has 0 radical (unpaired) electrons. The Labute approximate surface area is 336 Å². The fraction of sp³-hybridized carbons (Fsp3) is 0. The van der Waals surface area contributed by atoms with Gasteiger partial charge < -0.3 is 8.83 Å². The molecule has 0 saturated heterocycles. The average molecular weight is 755 g/mol. The van der Waals surface area contributed by atoms with Crippen LogP contribution in [0.15, 0.2) is 191 Å². The van der Waals surface area contributed by atoms with Gasteiger partial charge in [0.15, 0.2) is 11.6 Å². The van der Waals surface area contributed by atoms with E-state index in [4.69, 9.17) is 23.8 Å². The van der Waals surface area contributed by atoms with E-state index in [9.17, 15) is 0 Å². The highest BCUT2D eigenvalue weighted by Crippen LogP contribution is 2.44. The lowest BCUT2D eigenvalue weighted by molar-refractivity contribution is 0.669. The molecule has 6 heteroatoms. The van der Waals surface area contributed by atoms with Gasteiger partial charge in [0.1, 0.15) is 22.3 Å². The number of benzene rings is 9. The summed E-state index contributed by atoms with van der Waals surface area (Å²) in [5.74, 6) is 1.65. The molecule has 13 rings (SSSR count). The first-order valence-electron chi connectivity index (χ1n) is 19.8. The summed E-state index contributed by atoms with van der Waals surface area (Å²) in [6, 6.07) is 63.3. The van der Waals surface area contributed by atoms with E-state index >= 15 is 0 Å². The first kappa shape index (κ1) is 32.0. The Balaban J connectivity index is 1.13. The van der Waals surface area contributed by atoms with Gasteiger partial charge in [-0.2, -0.15) is 9.97 Å². The molecule has 274 valence electrons. The lowest BCUT2D eigenvalue weighted by Gasteiger charge is -2.13. The molecule has 0 bridgehead atoms. The van der Waals surface area contributed by atoms with Crippen molar-refractivity contribution in [2.75, 3.05) is 0 Å². The normalized spacial score (nSPS) is 12.1. The first-order chi connectivity index (χ1) is 29.2. The van der Waals surface area contributed by atoms with Crippen molar-refractivity contribution >= 4 is 87.2 Å². The van der Waals surface area contributed by atoms with Gasteiger partial charge in [-0.1, -0.05) is 146 Å². The Morgan fingerprint density at radius 1 is 0.373 bits per heavy atom. The standard InChI is InChI=1S/C53H30N4O2/c1-2-13-32(14-3-1)51-54-52(35-24-26-38-37-18-8-9-23-45(37)58-47(38)30-35)56-53(55-51)57-44-29-34-16-5-4-15-33(34)28-43(44)40-20-10-19-39(49(40)57)41-21-11-22-42-48-36-17-7-6-12-31(36)25-27-46(48)59-50(41)42/h1-30H. The Morgan fingerprint density at radius 3 is 1.92 bits per heavy atom. The summed E-state index contributed by atoms with van der Waals surface area (Å²) >= 11 is 0. The zero-order chi connectivity index (χ0) is 38.6. The van der Waals surface area contributed by atoms with Crippen LogP contribution in [0.4, 0.5) is 0 Å². The van der Waals surface area contributed by atoms with Crippen molar-refractivity contribution in [2.24, 2.45) is 0 Å². The van der Waals surface area contributed by atoms with Crippen LogP contribution in [0.1, 0.15) is 0 Å². The summed E-state index contributed by atoms with van der Waals surface area (Å²) in [6.45, 7) is 0. The highest BCUT2D eigenvalue weighted by Gasteiger charge is 2.23. The molecule has 0 aliphatic carbocycles. The van der Waals surface area contributed by atoms with E-state index in [0.717, 1.165) is 98.7 Å². The summed E-state index contributed by atoms with van der Waals surface area (Å²) in [4.78, 5) is 15.8. The van der Waals surface area contributed by atoms with Gasteiger partial charge in [0.2, 0.25) is 5.95 Å². The number of nitrogens with zero attached hydrogens (tertiary/aromatic N) is 4. The number of furan rings is 2. The molecule has 4 aromatic heterocycles. The highest BCUT2D eigenvalue weighted by atomic mass is 16.3. The molecule has 0 aliphatic heterocycles. The molecular weight excluding hydrogens is 725 g/mol. The van der Waals surface area contributed by atoms with Crippen molar-refractivity contribution in [1.29, 1.82) is 0 Å². The van der Waals surface area contributed by atoms with E-state index in [0.29, 0.717) is 17.6 Å². The Kier molecular flexibility index (Phi) is 6.63. The minimum Gasteiger partial charge on any atom is -0.456 e. The van der Waals surface area contributed by atoms with Crippen LogP contribution in [0.2, 0.25) is 0 Å². The number of aromatic nitrogens is 4. The molecule has 4 heterocycles. The maximum Gasteiger partial charge on any atom is 0.238 e. The molecule has 0 spiro atoms. The molecule has 0 amide bonds. The summed E-state index contributed by atoms with van der Waals surface area (Å²) in [7, 11) is 0. The molecule has 0 unspecified atom stereocenters. The minimum atomic E-state index is 0.518. The smallest absolute Gasteiger partial charge is 0.238 e. The molecule has 59 heavy (non-hydrogen) atoms. The Bertz CT molecular complexity index is 3860. The maximum atomic E-state index is 6.83. The van der Waals surface area contributed by atoms with Crippen molar-refractivity contribution in [2.45, 2.75) is 0 Å². The van der Waals surface area contributed by atoms with Crippen LogP contribution in [0, 0.1) is 0 Å². The number of para-hydroxylation sites is 3. The summed E-state index contributed by atoms with van der Waals surface area (Å²) in [5.41, 5.74) is 9.06. The van der Waals surface area contributed by atoms with Crippen molar-refractivity contribution in [3.05, 3.63) is 182 Å². The zero-order valence-corrected chi connectivity index (χ0v) is 31.4. The van der Waals surface area contributed by atoms with E-state index < -0.39 is 0 Å². The molecule has 0 N–H and O–H groups in total. The quantitative estimate of drug-likeness (QED) is 0.179.